The molecule has 4 rings (SSSR count). The van der Waals surface area contributed by atoms with Gasteiger partial charge in [-0.05, 0) is 82.9 Å². The van der Waals surface area contributed by atoms with Crippen LogP contribution < -0.4 is 11.0 Å². The zero-order valence-corrected chi connectivity index (χ0v) is 32.0. The summed E-state index contributed by atoms with van der Waals surface area (Å²) in [6, 6.07) is 15.6. The average molecular weight is 679 g/mol. The van der Waals surface area contributed by atoms with E-state index in [0.29, 0.717) is 28.9 Å². The van der Waals surface area contributed by atoms with Crippen molar-refractivity contribution in [2.24, 2.45) is 21.8 Å². The molecule has 1 heterocycles. The summed E-state index contributed by atoms with van der Waals surface area (Å²) >= 11 is 0. The Balaban J connectivity index is 1.98. The van der Waals surface area contributed by atoms with Crippen molar-refractivity contribution >= 4 is 11.4 Å². The number of hydrogen-bond acceptors (Lipinski definition) is 7. The Bertz CT molecular complexity index is 1830. The number of rotatable bonds is 9. The van der Waals surface area contributed by atoms with Gasteiger partial charge < -0.3 is 10.2 Å². The van der Waals surface area contributed by atoms with Crippen molar-refractivity contribution in [3.8, 4) is 17.2 Å². The number of hydrazine groups is 1. The van der Waals surface area contributed by atoms with Crippen LogP contribution in [0.3, 0.4) is 0 Å². The standard InChI is InChI=1S/C42H58N6O2/c1-29-18-14-13-17-21-44-48(45-29)36-26-33(42(10,11)28-40(5,6)7)24-31(38(36)50)22-30-23-32(41(8,9)27-39(2,3)4)25-35(37(30)49)47(43)46-34-19-15-12-16-20-34/h12-19,21,23-26,49-50H,20,22,27-28,43H2,1-11H3/b17-13?,18-14?,44-21?,45-29?,46-34-. The van der Waals surface area contributed by atoms with Crippen LogP contribution in [0.25, 0.3) is 5.69 Å². The minimum Gasteiger partial charge on any atom is -0.505 e. The molecule has 0 atom stereocenters. The zero-order chi connectivity index (χ0) is 37.1. The molecule has 0 aliphatic heterocycles. The lowest BCUT2D eigenvalue weighted by Gasteiger charge is -2.34. The molecule has 0 fully saturated rings. The number of phenols is 2. The second-order valence-electron chi connectivity index (χ2n) is 17.4. The van der Waals surface area contributed by atoms with Gasteiger partial charge in [-0.1, -0.05) is 112 Å². The second-order valence-corrected chi connectivity index (χ2v) is 17.4. The summed E-state index contributed by atoms with van der Waals surface area (Å²) < 4.78 is 0. The maximum atomic E-state index is 12.0. The number of anilines is 1. The van der Waals surface area contributed by atoms with Crippen molar-refractivity contribution in [3.63, 3.8) is 0 Å². The van der Waals surface area contributed by atoms with E-state index in [1.807, 2.05) is 67.6 Å². The molecule has 0 unspecified atom stereocenters. The summed E-state index contributed by atoms with van der Waals surface area (Å²) in [6.07, 6.45) is 12.2. The van der Waals surface area contributed by atoms with E-state index >= 15 is 0 Å². The highest BCUT2D eigenvalue weighted by atomic mass is 16.3. The lowest BCUT2D eigenvalue weighted by molar-refractivity contribution is 0.283. The molecule has 1 aromatic heterocycles. The Labute approximate surface area is 299 Å². The maximum absolute atomic E-state index is 12.0. The Morgan fingerprint density at radius 1 is 0.800 bits per heavy atom. The molecule has 0 spiro atoms. The second kappa shape index (κ2) is 14.8. The van der Waals surface area contributed by atoms with Crippen LogP contribution in [0.15, 0.2) is 84.1 Å². The number of hydrogen-bond donors (Lipinski definition) is 3. The van der Waals surface area contributed by atoms with E-state index in [1.165, 1.54) is 9.91 Å². The molecule has 0 radical (unpaired) electrons. The summed E-state index contributed by atoms with van der Waals surface area (Å²) in [5, 5.41) is 39.2. The van der Waals surface area contributed by atoms with Crippen molar-refractivity contribution < 1.29 is 10.2 Å². The van der Waals surface area contributed by atoms with Gasteiger partial charge in [0, 0.05) is 30.2 Å². The molecule has 0 bridgehead atoms. The fourth-order valence-electron chi connectivity index (χ4n) is 7.30. The molecule has 4 N–H and O–H groups in total. The molecule has 1 aliphatic rings. The van der Waals surface area contributed by atoms with Crippen molar-refractivity contribution in [1.82, 2.24) is 15.0 Å². The van der Waals surface area contributed by atoms with Crippen LogP contribution in [0.4, 0.5) is 5.69 Å². The Morgan fingerprint density at radius 3 is 1.98 bits per heavy atom. The van der Waals surface area contributed by atoms with Gasteiger partial charge >= 0.3 is 0 Å². The predicted molar refractivity (Wildman–Crippen MR) is 207 cm³/mol. The first-order chi connectivity index (χ1) is 23.1. The Kier molecular flexibility index (Phi) is 11.4. The number of aryl methyl sites for hydroxylation is 1. The maximum Gasteiger partial charge on any atom is 0.146 e. The topological polar surface area (TPSA) is 113 Å². The number of allylic oxidation sites excluding steroid dienone is 4. The molecular weight excluding hydrogens is 621 g/mol. The van der Waals surface area contributed by atoms with Gasteiger partial charge in [-0.3, -0.25) is 0 Å². The highest BCUT2D eigenvalue weighted by Crippen LogP contribution is 2.44. The van der Waals surface area contributed by atoms with Crippen LogP contribution in [0.5, 0.6) is 11.5 Å². The summed E-state index contributed by atoms with van der Waals surface area (Å²) in [5.74, 6) is 6.67. The molecule has 0 saturated heterocycles. The summed E-state index contributed by atoms with van der Waals surface area (Å²) in [5.41, 5.74) is 5.34. The van der Waals surface area contributed by atoms with Crippen LogP contribution in [0.1, 0.15) is 116 Å². The predicted octanol–water partition coefficient (Wildman–Crippen LogP) is 9.68. The number of benzene rings is 2. The number of nitrogens with zero attached hydrogens (tertiary/aromatic N) is 5. The van der Waals surface area contributed by atoms with Gasteiger partial charge in [0.05, 0.1) is 11.4 Å². The average Bonchev–Trinajstić information content (AvgIpc) is 3.08. The number of aromatic nitrogens is 3. The van der Waals surface area contributed by atoms with Crippen LogP contribution in [0, 0.1) is 17.8 Å². The normalized spacial score (nSPS) is 14.6. The Morgan fingerprint density at radius 2 is 1.40 bits per heavy atom. The van der Waals surface area contributed by atoms with Gasteiger partial charge in [0.15, 0.2) is 0 Å². The molecule has 8 heteroatoms. The Hall–Kier alpha value is -4.43. The molecule has 0 saturated carbocycles. The lowest BCUT2D eigenvalue weighted by atomic mass is 9.71. The van der Waals surface area contributed by atoms with Crippen molar-refractivity contribution in [2.75, 3.05) is 5.12 Å². The number of hydrazone groups is 1. The third kappa shape index (κ3) is 10.1. The molecular formula is C42H58N6O2. The largest absolute Gasteiger partial charge is 0.505 e. The van der Waals surface area contributed by atoms with Crippen molar-refractivity contribution in [2.45, 2.75) is 113 Å². The molecule has 0 amide bonds. The monoisotopic (exact) mass is 678 g/mol. The fourth-order valence-corrected chi connectivity index (χ4v) is 7.30. The van der Waals surface area contributed by atoms with Crippen molar-refractivity contribution in [3.05, 3.63) is 107 Å². The SMILES string of the molecule is Cc1cccccnn(-c2cc(C(C)(C)CC(C)(C)C)cc(Cc3cc(C(C)(C)CC(C)(C)C)cc(N(N)/N=C4/C=CC=CC4)c3O)c2O)n1. The van der Waals surface area contributed by atoms with E-state index < -0.39 is 0 Å². The third-order valence-electron chi connectivity index (χ3n) is 8.86. The first kappa shape index (κ1) is 38.4. The summed E-state index contributed by atoms with van der Waals surface area (Å²) in [4.78, 5) is 1.49. The van der Waals surface area contributed by atoms with Crippen LogP contribution in [-0.2, 0) is 17.3 Å². The van der Waals surface area contributed by atoms with Gasteiger partial charge in [0.25, 0.3) is 0 Å². The molecule has 268 valence electrons. The smallest absolute Gasteiger partial charge is 0.146 e. The van der Waals surface area contributed by atoms with Crippen molar-refractivity contribution in [1.29, 1.82) is 0 Å². The van der Waals surface area contributed by atoms with Crippen LogP contribution >= 0.6 is 0 Å². The minimum atomic E-state index is -0.258. The third-order valence-corrected chi connectivity index (χ3v) is 8.86. The number of aromatic hydroxyl groups is 2. The van der Waals surface area contributed by atoms with Gasteiger partial charge in [-0.2, -0.15) is 20.4 Å². The minimum absolute atomic E-state index is 0.0210. The summed E-state index contributed by atoms with van der Waals surface area (Å²) in [6.45, 7) is 24.2. The fraction of sp³-hybridized carbons (Fsp3) is 0.452. The van der Waals surface area contributed by atoms with Crippen LogP contribution in [-0.4, -0.2) is 30.9 Å². The molecule has 2 aromatic carbocycles. The molecule has 50 heavy (non-hydrogen) atoms. The molecule has 3 aromatic rings. The summed E-state index contributed by atoms with van der Waals surface area (Å²) in [7, 11) is 0. The highest BCUT2D eigenvalue weighted by Gasteiger charge is 2.32. The zero-order valence-electron chi connectivity index (χ0n) is 32.0. The molecule has 8 nitrogen and oxygen atoms in total. The molecule has 1 aliphatic carbocycles. The van der Waals surface area contributed by atoms with E-state index in [4.69, 9.17) is 10.9 Å². The highest BCUT2D eigenvalue weighted by molar-refractivity contribution is 5.97. The van der Waals surface area contributed by atoms with E-state index in [2.05, 4.69) is 91.6 Å². The van der Waals surface area contributed by atoms with Crippen LogP contribution in [0.2, 0.25) is 0 Å². The van der Waals surface area contributed by atoms with Gasteiger partial charge in [-0.15, -0.1) is 4.80 Å². The van der Waals surface area contributed by atoms with E-state index in [1.54, 1.807) is 6.20 Å². The van der Waals surface area contributed by atoms with E-state index in [9.17, 15) is 10.2 Å². The van der Waals surface area contributed by atoms with E-state index in [0.717, 1.165) is 35.4 Å². The number of phenolic OH excluding ortho intramolecular Hbond substituents is 2. The van der Waals surface area contributed by atoms with Gasteiger partial charge in [0.1, 0.15) is 22.9 Å². The first-order valence-electron chi connectivity index (χ1n) is 17.6. The first-order valence-corrected chi connectivity index (χ1v) is 17.6. The van der Waals surface area contributed by atoms with E-state index in [-0.39, 0.29) is 39.6 Å². The quantitative estimate of drug-likeness (QED) is 0.153. The number of nitrogens with two attached hydrogens (primary N) is 1. The van der Waals surface area contributed by atoms with Gasteiger partial charge in [0.2, 0.25) is 0 Å². The van der Waals surface area contributed by atoms with Gasteiger partial charge in [-0.25, -0.2) is 5.84 Å². The lowest BCUT2D eigenvalue weighted by Crippen LogP contribution is -2.29.